The molecule has 1 amide bonds. The molecule has 0 radical (unpaired) electrons. The van der Waals surface area contributed by atoms with E-state index in [-0.39, 0.29) is 11.9 Å². The Bertz CT molecular complexity index is 886. The molecule has 0 N–H and O–H groups in total. The van der Waals surface area contributed by atoms with E-state index >= 15 is 0 Å². The van der Waals surface area contributed by atoms with Gasteiger partial charge in [0, 0.05) is 50.4 Å². The number of ether oxygens (including phenoxy) is 1. The lowest BCUT2D eigenvalue weighted by Crippen LogP contribution is -2.41. The Balaban J connectivity index is 1.46. The molecule has 1 aliphatic rings. The lowest BCUT2D eigenvalue weighted by Gasteiger charge is -2.35. The zero-order valence-corrected chi connectivity index (χ0v) is 14.7. The molecule has 1 aliphatic heterocycles. The Hall–Kier alpha value is -3.09. The number of carbonyl (C=O) groups excluding carboxylic acids is 1. The average Bonchev–Trinajstić information content (AvgIpc) is 3.30. The highest BCUT2D eigenvalue weighted by molar-refractivity contribution is 5.92. The average molecular weight is 351 g/mol. The Morgan fingerprint density at radius 3 is 2.92 bits per heavy atom. The molecule has 0 bridgehead atoms. The van der Waals surface area contributed by atoms with Gasteiger partial charge in [0.1, 0.15) is 5.69 Å². The summed E-state index contributed by atoms with van der Waals surface area (Å²) in [6, 6.07) is 11.6. The van der Waals surface area contributed by atoms with E-state index in [4.69, 9.17) is 4.74 Å². The maximum atomic E-state index is 12.9. The van der Waals surface area contributed by atoms with Gasteiger partial charge < -0.3 is 14.2 Å². The quantitative estimate of drug-likeness (QED) is 0.707. The first-order valence-corrected chi connectivity index (χ1v) is 8.69. The number of fused-ring (bicyclic) bond motifs is 1. The zero-order valence-electron chi connectivity index (χ0n) is 14.7. The summed E-state index contributed by atoms with van der Waals surface area (Å²) in [6.07, 6.45) is 6.24. The molecule has 0 aliphatic carbocycles. The van der Waals surface area contributed by atoms with E-state index in [1.54, 1.807) is 30.2 Å². The molecular weight excluding hydrogens is 330 g/mol. The predicted molar refractivity (Wildman–Crippen MR) is 95.8 cm³/mol. The van der Waals surface area contributed by atoms with Crippen LogP contribution in [0.15, 0.2) is 55.0 Å². The van der Waals surface area contributed by atoms with Crippen LogP contribution >= 0.6 is 0 Å². The Kier molecular flexibility index (Phi) is 4.43. The highest BCUT2D eigenvalue weighted by Gasteiger charge is 2.29. The van der Waals surface area contributed by atoms with Gasteiger partial charge in [-0.15, -0.1) is 0 Å². The molecule has 26 heavy (non-hydrogen) atoms. The van der Waals surface area contributed by atoms with Crippen LogP contribution in [-0.2, 0) is 13.6 Å². The second-order valence-corrected chi connectivity index (χ2v) is 6.39. The topological polar surface area (TPSA) is 65.2 Å². The molecule has 0 aromatic carbocycles. The van der Waals surface area contributed by atoms with E-state index in [0.717, 1.165) is 12.1 Å². The molecule has 0 saturated carbocycles. The van der Waals surface area contributed by atoms with Crippen molar-refractivity contribution in [2.45, 2.75) is 19.0 Å². The van der Waals surface area contributed by atoms with Crippen molar-refractivity contribution in [1.82, 2.24) is 24.2 Å². The van der Waals surface area contributed by atoms with E-state index in [0.29, 0.717) is 31.3 Å². The Morgan fingerprint density at radius 2 is 2.15 bits per heavy atom. The van der Waals surface area contributed by atoms with Crippen LogP contribution in [0.5, 0.6) is 5.88 Å². The molecule has 1 unspecified atom stereocenters. The largest absolute Gasteiger partial charge is 0.478 e. The number of pyridine rings is 1. The number of rotatable bonds is 5. The van der Waals surface area contributed by atoms with Gasteiger partial charge in [0.15, 0.2) is 0 Å². The predicted octanol–water partition coefficient (Wildman–Crippen LogP) is 2.28. The molecule has 0 saturated heterocycles. The Labute approximate surface area is 151 Å². The van der Waals surface area contributed by atoms with Crippen molar-refractivity contribution < 1.29 is 9.53 Å². The summed E-state index contributed by atoms with van der Waals surface area (Å²) in [5.74, 6) is 0.631. The Morgan fingerprint density at radius 1 is 1.23 bits per heavy atom. The van der Waals surface area contributed by atoms with Gasteiger partial charge in [-0.3, -0.25) is 9.48 Å². The first-order valence-electron chi connectivity index (χ1n) is 8.69. The monoisotopic (exact) mass is 351 g/mol. The van der Waals surface area contributed by atoms with Crippen molar-refractivity contribution in [3.05, 3.63) is 66.4 Å². The molecule has 4 heterocycles. The smallest absolute Gasteiger partial charge is 0.272 e. The van der Waals surface area contributed by atoms with Crippen LogP contribution in [0.1, 0.15) is 28.6 Å². The summed E-state index contributed by atoms with van der Waals surface area (Å²) in [6.45, 7) is 1.80. The number of nitrogens with zero attached hydrogens (tertiary/aromatic N) is 5. The van der Waals surface area contributed by atoms with Crippen molar-refractivity contribution in [2.75, 3.05) is 13.2 Å². The van der Waals surface area contributed by atoms with Gasteiger partial charge in [-0.1, -0.05) is 6.07 Å². The van der Waals surface area contributed by atoms with E-state index in [1.807, 2.05) is 29.2 Å². The van der Waals surface area contributed by atoms with Gasteiger partial charge in [0.2, 0.25) is 5.88 Å². The number of amides is 1. The summed E-state index contributed by atoms with van der Waals surface area (Å²) in [5, 5.41) is 4.11. The minimum atomic E-state index is 0.00749. The first-order chi connectivity index (χ1) is 12.7. The minimum Gasteiger partial charge on any atom is -0.478 e. The number of hydrogen-bond acceptors (Lipinski definition) is 4. The molecule has 7 heteroatoms. The van der Waals surface area contributed by atoms with Crippen molar-refractivity contribution in [2.24, 2.45) is 7.05 Å². The molecule has 0 spiro atoms. The van der Waals surface area contributed by atoms with Crippen LogP contribution in [0.3, 0.4) is 0 Å². The SMILES string of the molecule is Cn1nccc1C(=O)N1Cc2cccn2C(CCOc2ccccn2)C1. The highest BCUT2D eigenvalue weighted by atomic mass is 16.5. The van der Waals surface area contributed by atoms with Crippen molar-refractivity contribution in [3.63, 3.8) is 0 Å². The van der Waals surface area contributed by atoms with Crippen LogP contribution in [0.4, 0.5) is 0 Å². The van der Waals surface area contributed by atoms with Gasteiger partial charge in [-0.05, 0) is 24.3 Å². The van der Waals surface area contributed by atoms with E-state index in [2.05, 4.69) is 26.9 Å². The van der Waals surface area contributed by atoms with Crippen LogP contribution in [0.25, 0.3) is 0 Å². The number of aromatic nitrogens is 4. The molecule has 134 valence electrons. The number of hydrogen-bond donors (Lipinski definition) is 0. The lowest BCUT2D eigenvalue weighted by molar-refractivity contribution is 0.0654. The molecule has 4 rings (SSSR count). The summed E-state index contributed by atoms with van der Waals surface area (Å²) >= 11 is 0. The van der Waals surface area contributed by atoms with Gasteiger partial charge in [-0.25, -0.2) is 4.98 Å². The molecule has 1 atom stereocenters. The fraction of sp³-hybridized carbons (Fsp3) is 0.316. The van der Waals surface area contributed by atoms with E-state index in [9.17, 15) is 4.79 Å². The maximum Gasteiger partial charge on any atom is 0.272 e. The summed E-state index contributed by atoms with van der Waals surface area (Å²) in [4.78, 5) is 18.9. The third-order valence-electron chi connectivity index (χ3n) is 4.71. The van der Waals surface area contributed by atoms with Gasteiger partial charge in [-0.2, -0.15) is 5.10 Å². The maximum absolute atomic E-state index is 12.9. The van der Waals surface area contributed by atoms with Crippen molar-refractivity contribution >= 4 is 5.91 Å². The third-order valence-corrected chi connectivity index (χ3v) is 4.71. The minimum absolute atomic E-state index is 0.00749. The second-order valence-electron chi connectivity index (χ2n) is 6.39. The lowest BCUT2D eigenvalue weighted by atomic mass is 10.1. The second kappa shape index (κ2) is 7.03. The van der Waals surface area contributed by atoms with Gasteiger partial charge >= 0.3 is 0 Å². The molecule has 7 nitrogen and oxygen atoms in total. The fourth-order valence-corrected chi connectivity index (χ4v) is 3.38. The standard InChI is InChI=1S/C19H21N5O2/c1-22-17(7-10-21-22)19(25)23-13-15-5-4-11-24(15)16(14-23)8-12-26-18-6-2-3-9-20-18/h2-7,9-11,16H,8,12-14H2,1H3. The normalized spacial score (nSPS) is 16.3. The van der Waals surface area contributed by atoms with Crippen LogP contribution in [0.2, 0.25) is 0 Å². The summed E-state index contributed by atoms with van der Waals surface area (Å²) in [5.41, 5.74) is 1.74. The number of aryl methyl sites for hydroxylation is 1. The first kappa shape index (κ1) is 16.4. The highest BCUT2D eigenvalue weighted by Crippen LogP contribution is 2.25. The third kappa shape index (κ3) is 3.20. The zero-order chi connectivity index (χ0) is 17.9. The molecule has 3 aromatic heterocycles. The fourth-order valence-electron chi connectivity index (χ4n) is 3.38. The van der Waals surface area contributed by atoms with E-state index < -0.39 is 0 Å². The number of carbonyl (C=O) groups is 1. The van der Waals surface area contributed by atoms with E-state index in [1.165, 1.54) is 0 Å². The van der Waals surface area contributed by atoms with Crippen LogP contribution in [-0.4, -0.2) is 43.3 Å². The summed E-state index contributed by atoms with van der Waals surface area (Å²) in [7, 11) is 1.79. The van der Waals surface area contributed by atoms with Gasteiger partial charge in [0.05, 0.1) is 19.2 Å². The van der Waals surface area contributed by atoms with Crippen molar-refractivity contribution in [3.8, 4) is 5.88 Å². The molecule has 3 aromatic rings. The molecule has 0 fully saturated rings. The van der Waals surface area contributed by atoms with Crippen LogP contribution in [0, 0.1) is 0 Å². The van der Waals surface area contributed by atoms with Crippen molar-refractivity contribution in [1.29, 1.82) is 0 Å². The van der Waals surface area contributed by atoms with Crippen LogP contribution < -0.4 is 4.74 Å². The summed E-state index contributed by atoms with van der Waals surface area (Å²) < 4.78 is 9.61. The van der Waals surface area contributed by atoms with Gasteiger partial charge in [0.25, 0.3) is 5.91 Å². The molecular formula is C19H21N5O2.